The van der Waals surface area contributed by atoms with E-state index >= 15 is 0 Å². The van der Waals surface area contributed by atoms with Gasteiger partial charge in [0.25, 0.3) is 5.91 Å². The van der Waals surface area contributed by atoms with Crippen molar-refractivity contribution in [3.63, 3.8) is 0 Å². The Morgan fingerprint density at radius 1 is 1.15 bits per heavy atom. The highest BCUT2D eigenvalue weighted by atomic mass is 16.5. The zero-order valence-corrected chi connectivity index (χ0v) is 16.4. The summed E-state index contributed by atoms with van der Waals surface area (Å²) >= 11 is 0. The van der Waals surface area contributed by atoms with Gasteiger partial charge in [0.15, 0.2) is 6.61 Å². The van der Waals surface area contributed by atoms with Crippen molar-refractivity contribution in [2.45, 2.75) is 46.1 Å². The van der Waals surface area contributed by atoms with Crippen molar-refractivity contribution >= 4 is 11.9 Å². The van der Waals surface area contributed by atoms with Gasteiger partial charge in [-0.25, -0.2) is 0 Å². The van der Waals surface area contributed by atoms with E-state index in [-0.39, 0.29) is 24.5 Å². The molecule has 2 aliphatic heterocycles. The van der Waals surface area contributed by atoms with Gasteiger partial charge in [0.05, 0.1) is 12.0 Å². The van der Waals surface area contributed by atoms with Crippen LogP contribution < -0.4 is 4.74 Å². The van der Waals surface area contributed by atoms with E-state index in [9.17, 15) is 14.7 Å². The number of rotatable bonds is 5. The minimum atomic E-state index is -0.770. The second-order valence-electron chi connectivity index (χ2n) is 7.80. The molecule has 2 saturated heterocycles. The molecule has 2 heterocycles. The summed E-state index contributed by atoms with van der Waals surface area (Å²) in [7, 11) is 0. The largest absolute Gasteiger partial charge is 0.483 e. The van der Waals surface area contributed by atoms with E-state index in [1.54, 1.807) is 0 Å². The van der Waals surface area contributed by atoms with Crippen molar-refractivity contribution in [3.8, 4) is 5.75 Å². The van der Waals surface area contributed by atoms with Crippen LogP contribution >= 0.6 is 0 Å². The van der Waals surface area contributed by atoms with Crippen molar-refractivity contribution in [3.05, 3.63) is 28.8 Å². The highest BCUT2D eigenvalue weighted by Gasteiger charge is 2.40. The Labute approximate surface area is 160 Å². The molecule has 2 atom stereocenters. The molecule has 0 aromatic heterocycles. The fourth-order valence-corrected chi connectivity index (χ4v) is 4.44. The minimum absolute atomic E-state index is 0.0186. The molecule has 1 aromatic carbocycles. The van der Waals surface area contributed by atoms with E-state index in [0.29, 0.717) is 26.1 Å². The number of hydrogen-bond donors (Lipinski definition) is 1. The third kappa shape index (κ3) is 4.43. The predicted octanol–water partition coefficient (Wildman–Crippen LogP) is 2.72. The Hall–Kier alpha value is -2.08. The lowest BCUT2D eigenvalue weighted by Gasteiger charge is -2.35. The van der Waals surface area contributed by atoms with Crippen LogP contribution in [0.1, 0.15) is 36.0 Å². The molecule has 1 aromatic rings. The standard InChI is InChI=1S/C21H29NO5/c1-13-10-14(2)19(15(3)11-13)27-12-18(23)22-7-4-16(5-8-22)20-17(21(24)25)6-9-26-20/h10-11,16-17,20H,4-9,12H2,1-3H3,(H,24,25)/t17?,20-/m0/s1. The second-order valence-corrected chi connectivity index (χ2v) is 7.80. The fraction of sp³-hybridized carbons (Fsp3) is 0.619. The smallest absolute Gasteiger partial charge is 0.309 e. The molecule has 1 amide bonds. The number of carbonyl (C=O) groups excluding carboxylic acids is 1. The van der Waals surface area contributed by atoms with Gasteiger partial charge in [-0.3, -0.25) is 9.59 Å². The summed E-state index contributed by atoms with van der Waals surface area (Å²) in [4.78, 5) is 25.7. The molecule has 148 valence electrons. The number of carboxylic acids is 1. The Morgan fingerprint density at radius 3 is 2.37 bits per heavy atom. The van der Waals surface area contributed by atoms with Crippen LogP contribution in [0.25, 0.3) is 0 Å². The van der Waals surface area contributed by atoms with Crippen LogP contribution in [0.3, 0.4) is 0 Å². The molecule has 0 aliphatic carbocycles. The third-order valence-corrected chi connectivity index (χ3v) is 5.75. The quantitative estimate of drug-likeness (QED) is 0.856. The van der Waals surface area contributed by atoms with Gasteiger partial charge < -0.3 is 19.5 Å². The number of nitrogens with zero attached hydrogens (tertiary/aromatic N) is 1. The first-order valence-electron chi connectivity index (χ1n) is 9.69. The van der Waals surface area contributed by atoms with Gasteiger partial charge in [-0.15, -0.1) is 0 Å². The van der Waals surface area contributed by atoms with Crippen LogP contribution in [0.5, 0.6) is 5.75 Å². The molecule has 6 nitrogen and oxygen atoms in total. The van der Waals surface area contributed by atoms with E-state index in [1.807, 2.05) is 25.7 Å². The summed E-state index contributed by atoms with van der Waals surface area (Å²) in [5, 5.41) is 9.33. The first-order chi connectivity index (χ1) is 12.9. The zero-order valence-electron chi connectivity index (χ0n) is 16.4. The highest BCUT2D eigenvalue weighted by Crippen LogP contribution is 2.33. The molecule has 1 unspecified atom stereocenters. The molecule has 27 heavy (non-hydrogen) atoms. The van der Waals surface area contributed by atoms with Crippen LogP contribution in [0, 0.1) is 32.6 Å². The third-order valence-electron chi connectivity index (χ3n) is 5.75. The maximum Gasteiger partial charge on any atom is 0.309 e. The number of amides is 1. The topological polar surface area (TPSA) is 76.1 Å². The van der Waals surface area contributed by atoms with Crippen molar-refractivity contribution in [1.82, 2.24) is 4.90 Å². The van der Waals surface area contributed by atoms with E-state index < -0.39 is 11.9 Å². The average Bonchev–Trinajstić information content (AvgIpc) is 3.11. The lowest BCUT2D eigenvalue weighted by molar-refractivity contribution is -0.146. The SMILES string of the molecule is Cc1cc(C)c(OCC(=O)N2CCC([C@@H]3OCCC3C(=O)O)CC2)c(C)c1. The van der Waals surface area contributed by atoms with E-state index in [1.165, 1.54) is 5.56 Å². The van der Waals surface area contributed by atoms with Gasteiger partial charge in [-0.2, -0.15) is 0 Å². The van der Waals surface area contributed by atoms with E-state index in [4.69, 9.17) is 9.47 Å². The first kappa shape index (κ1) is 19.7. The highest BCUT2D eigenvalue weighted by molar-refractivity contribution is 5.78. The average molecular weight is 375 g/mol. The number of hydrogen-bond acceptors (Lipinski definition) is 4. The number of piperidine rings is 1. The maximum atomic E-state index is 12.5. The van der Waals surface area contributed by atoms with Crippen molar-refractivity contribution in [2.24, 2.45) is 11.8 Å². The molecular weight excluding hydrogens is 346 g/mol. The molecule has 3 rings (SSSR count). The lowest BCUT2D eigenvalue weighted by Crippen LogP contribution is -2.44. The summed E-state index contributed by atoms with van der Waals surface area (Å²) in [5.41, 5.74) is 3.26. The second kappa shape index (κ2) is 8.30. The molecule has 1 N–H and O–H groups in total. The predicted molar refractivity (Wildman–Crippen MR) is 101 cm³/mol. The van der Waals surface area contributed by atoms with Gasteiger partial charge >= 0.3 is 5.97 Å². The van der Waals surface area contributed by atoms with Crippen molar-refractivity contribution < 1.29 is 24.2 Å². The maximum absolute atomic E-state index is 12.5. The number of ether oxygens (including phenoxy) is 2. The fourth-order valence-electron chi connectivity index (χ4n) is 4.44. The zero-order chi connectivity index (χ0) is 19.6. The number of aryl methyl sites for hydroxylation is 3. The van der Waals surface area contributed by atoms with Gasteiger partial charge in [0.2, 0.25) is 0 Å². The van der Waals surface area contributed by atoms with E-state index in [2.05, 4.69) is 12.1 Å². The van der Waals surface area contributed by atoms with Gasteiger partial charge in [-0.05, 0) is 57.1 Å². The molecule has 0 bridgehead atoms. The number of benzene rings is 1. The minimum Gasteiger partial charge on any atom is -0.483 e. The molecule has 2 aliphatic rings. The van der Waals surface area contributed by atoms with Crippen LogP contribution in [-0.4, -0.2) is 54.3 Å². The lowest BCUT2D eigenvalue weighted by atomic mass is 9.84. The Kier molecular flexibility index (Phi) is 6.05. The number of carboxylic acid groups (broad SMARTS) is 1. The Bertz CT molecular complexity index is 686. The Morgan fingerprint density at radius 2 is 1.78 bits per heavy atom. The first-order valence-corrected chi connectivity index (χ1v) is 9.69. The number of likely N-dealkylation sites (tertiary alicyclic amines) is 1. The monoisotopic (exact) mass is 375 g/mol. The summed E-state index contributed by atoms with van der Waals surface area (Å²) < 4.78 is 11.5. The van der Waals surface area contributed by atoms with Crippen LogP contribution in [0.2, 0.25) is 0 Å². The molecule has 0 saturated carbocycles. The van der Waals surface area contributed by atoms with Crippen LogP contribution in [-0.2, 0) is 14.3 Å². The van der Waals surface area contributed by atoms with E-state index in [0.717, 1.165) is 29.7 Å². The Balaban J connectivity index is 1.51. The molecule has 2 fully saturated rings. The van der Waals surface area contributed by atoms with Crippen molar-refractivity contribution in [2.75, 3.05) is 26.3 Å². The van der Waals surface area contributed by atoms with Gasteiger partial charge in [0.1, 0.15) is 5.75 Å². The normalized spacial score (nSPS) is 23.4. The molecular formula is C21H29NO5. The number of carbonyl (C=O) groups is 2. The number of aliphatic carboxylic acids is 1. The van der Waals surface area contributed by atoms with Gasteiger partial charge in [0, 0.05) is 19.7 Å². The summed E-state index contributed by atoms with van der Waals surface area (Å²) in [6.45, 7) is 7.84. The van der Waals surface area contributed by atoms with Crippen molar-refractivity contribution in [1.29, 1.82) is 0 Å². The summed E-state index contributed by atoms with van der Waals surface area (Å²) in [6, 6.07) is 4.11. The van der Waals surface area contributed by atoms with Crippen LogP contribution in [0.4, 0.5) is 0 Å². The molecule has 0 spiro atoms. The van der Waals surface area contributed by atoms with Gasteiger partial charge in [-0.1, -0.05) is 17.7 Å². The van der Waals surface area contributed by atoms with Crippen LogP contribution in [0.15, 0.2) is 12.1 Å². The summed E-state index contributed by atoms with van der Waals surface area (Å²) in [5.74, 6) is -0.205. The summed E-state index contributed by atoms with van der Waals surface area (Å²) in [6.07, 6.45) is 1.93. The molecule has 6 heteroatoms. The molecule has 0 radical (unpaired) electrons.